The SMILES string of the molecule is CC1OCCC1NC(=O)c1nc(N)ccc1Cl. The molecular formula is C11H14ClN3O2. The fourth-order valence-electron chi connectivity index (χ4n) is 1.77. The van der Waals surface area contributed by atoms with Crippen LogP contribution in [0.25, 0.3) is 0 Å². The molecule has 1 fully saturated rings. The van der Waals surface area contributed by atoms with E-state index < -0.39 is 0 Å². The Morgan fingerprint density at radius 3 is 3.06 bits per heavy atom. The lowest BCUT2D eigenvalue weighted by atomic mass is 10.1. The van der Waals surface area contributed by atoms with Gasteiger partial charge in [0, 0.05) is 6.61 Å². The van der Waals surface area contributed by atoms with Gasteiger partial charge in [0.2, 0.25) is 0 Å². The van der Waals surface area contributed by atoms with Crippen LogP contribution in [0.5, 0.6) is 0 Å². The molecule has 2 unspecified atom stereocenters. The molecule has 3 N–H and O–H groups in total. The van der Waals surface area contributed by atoms with Gasteiger partial charge in [-0.15, -0.1) is 0 Å². The van der Waals surface area contributed by atoms with Gasteiger partial charge in [-0.05, 0) is 25.5 Å². The minimum Gasteiger partial charge on any atom is -0.384 e. The number of carbonyl (C=O) groups excluding carboxylic acids is 1. The van der Waals surface area contributed by atoms with Crippen molar-refractivity contribution in [1.29, 1.82) is 0 Å². The number of rotatable bonds is 2. The standard InChI is InChI=1S/C11H14ClN3O2/c1-6-8(4-5-17-6)14-11(16)10-7(12)2-3-9(13)15-10/h2-3,6,8H,4-5H2,1H3,(H2,13,15)(H,14,16). The number of carbonyl (C=O) groups is 1. The van der Waals surface area contributed by atoms with E-state index >= 15 is 0 Å². The van der Waals surface area contributed by atoms with Gasteiger partial charge in [-0.1, -0.05) is 11.6 Å². The second-order valence-corrected chi connectivity index (χ2v) is 4.42. The van der Waals surface area contributed by atoms with Crippen molar-refractivity contribution in [1.82, 2.24) is 10.3 Å². The summed E-state index contributed by atoms with van der Waals surface area (Å²) in [5.74, 6) is -0.0417. The topological polar surface area (TPSA) is 77.2 Å². The molecule has 92 valence electrons. The van der Waals surface area contributed by atoms with Gasteiger partial charge < -0.3 is 15.8 Å². The number of hydrogen-bond donors (Lipinski definition) is 2. The minimum absolute atomic E-state index is 0.00166. The molecule has 1 aliphatic heterocycles. The first-order valence-electron chi connectivity index (χ1n) is 5.42. The van der Waals surface area contributed by atoms with Crippen LogP contribution < -0.4 is 11.1 Å². The lowest BCUT2D eigenvalue weighted by Crippen LogP contribution is -2.39. The number of nitrogen functional groups attached to an aromatic ring is 1. The molecule has 6 heteroatoms. The van der Waals surface area contributed by atoms with Gasteiger partial charge in [0.05, 0.1) is 17.2 Å². The summed E-state index contributed by atoms with van der Waals surface area (Å²) in [6.07, 6.45) is 0.811. The second kappa shape index (κ2) is 4.89. The summed E-state index contributed by atoms with van der Waals surface area (Å²) in [5, 5.41) is 3.14. The van der Waals surface area contributed by atoms with E-state index in [0.717, 1.165) is 6.42 Å². The molecular weight excluding hydrogens is 242 g/mol. The summed E-state index contributed by atoms with van der Waals surface area (Å²) in [4.78, 5) is 15.9. The number of nitrogens with one attached hydrogen (secondary N) is 1. The summed E-state index contributed by atoms with van der Waals surface area (Å²) in [6, 6.07) is 3.12. The molecule has 1 saturated heterocycles. The largest absolute Gasteiger partial charge is 0.384 e. The predicted octanol–water partition coefficient (Wildman–Crippen LogP) is 1.22. The third kappa shape index (κ3) is 2.68. The Hall–Kier alpha value is -1.33. The van der Waals surface area contributed by atoms with Crippen LogP contribution in [0.15, 0.2) is 12.1 Å². The molecule has 0 spiro atoms. The summed E-state index contributed by atoms with van der Waals surface area (Å²) in [5.41, 5.74) is 5.68. The van der Waals surface area contributed by atoms with Gasteiger partial charge >= 0.3 is 0 Å². The highest BCUT2D eigenvalue weighted by atomic mass is 35.5. The van der Waals surface area contributed by atoms with Gasteiger partial charge in [-0.25, -0.2) is 4.98 Å². The lowest BCUT2D eigenvalue weighted by molar-refractivity contribution is 0.0862. The van der Waals surface area contributed by atoms with Crippen LogP contribution in [-0.4, -0.2) is 29.6 Å². The zero-order valence-corrected chi connectivity index (χ0v) is 10.2. The number of nitrogens with zero attached hydrogens (tertiary/aromatic N) is 1. The smallest absolute Gasteiger partial charge is 0.271 e. The summed E-state index contributed by atoms with van der Waals surface area (Å²) >= 11 is 5.90. The minimum atomic E-state index is -0.315. The number of pyridine rings is 1. The molecule has 1 aromatic rings. The highest BCUT2D eigenvalue weighted by Gasteiger charge is 2.27. The third-order valence-electron chi connectivity index (χ3n) is 2.78. The maximum absolute atomic E-state index is 12.0. The predicted molar refractivity (Wildman–Crippen MR) is 64.9 cm³/mol. The Kier molecular flexibility index (Phi) is 3.49. The van der Waals surface area contributed by atoms with E-state index in [4.69, 9.17) is 22.1 Å². The fourth-order valence-corrected chi connectivity index (χ4v) is 1.97. The van der Waals surface area contributed by atoms with Gasteiger partial charge in [0.1, 0.15) is 11.5 Å². The molecule has 1 amide bonds. The first kappa shape index (κ1) is 12.1. The number of nitrogens with two attached hydrogens (primary N) is 1. The van der Waals surface area contributed by atoms with E-state index in [0.29, 0.717) is 11.6 Å². The van der Waals surface area contributed by atoms with Crippen LogP contribution in [0, 0.1) is 0 Å². The van der Waals surface area contributed by atoms with Crippen molar-refractivity contribution >= 4 is 23.3 Å². The molecule has 2 atom stereocenters. The first-order chi connectivity index (χ1) is 8.08. The molecule has 0 radical (unpaired) electrons. The van der Waals surface area contributed by atoms with Crippen molar-refractivity contribution < 1.29 is 9.53 Å². The zero-order valence-electron chi connectivity index (χ0n) is 9.44. The average Bonchev–Trinajstić information content (AvgIpc) is 2.68. The van der Waals surface area contributed by atoms with Crippen LogP contribution in [0.3, 0.4) is 0 Å². The van der Waals surface area contributed by atoms with Gasteiger partial charge in [-0.3, -0.25) is 4.79 Å². The Morgan fingerprint density at radius 1 is 1.65 bits per heavy atom. The van der Waals surface area contributed by atoms with E-state index in [1.165, 1.54) is 0 Å². The Bertz CT molecular complexity index is 439. The van der Waals surface area contributed by atoms with Gasteiger partial charge in [0.15, 0.2) is 0 Å². The normalized spacial score (nSPS) is 23.6. The van der Waals surface area contributed by atoms with Crippen LogP contribution in [0.2, 0.25) is 5.02 Å². The quantitative estimate of drug-likeness (QED) is 0.833. The monoisotopic (exact) mass is 255 g/mol. The molecule has 1 aromatic heterocycles. The van der Waals surface area contributed by atoms with Crippen molar-refractivity contribution in [2.75, 3.05) is 12.3 Å². The Balaban J connectivity index is 2.11. The summed E-state index contributed by atoms with van der Waals surface area (Å²) < 4.78 is 5.36. The second-order valence-electron chi connectivity index (χ2n) is 4.01. The van der Waals surface area contributed by atoms with Crippen molar-refractivity contribution in [3.05, 3.63) is 22.8 Å². The highest BCUT2D eigenvalue weighted by Crippen LogP contribution is 2.17. The highest BCUT2D eigenvalue weighted by molar-refractivity contribution is 6.33. The third-order valence-corrected chi connectivity index (χ3v) is 3.08. The van der Waals surface area contributed by atoms with E-state index in [2.05, 4.69) is 10.3 Å². The van der Waals surface area contributed by atoms with Crippen LogP contribution in [-0.2, 0) is 4.74 Å². The number of halogens is 1. The van der Waals surface area contributed by atoms with E-state index in [9.17, 15) is 4.79 Å². The Labute approximate surface area is 104 Å². The van der Waals surface area contributed by atoms with E-state index in [1.807, 2.05) is 6.92 Å². The molecule has 0 saturated carbocycles. The molecule has 2 heterocycles. The number of aromatic nitrogens is 1. The van der Waals surface area contributed by atoms with E-state index in [-0.39, 0.29) is 29.6 Å². The first-order valence-corrected chi connectivity index (χ1v) is 5.80. The average molecular weight is 256 g/mol. The summed E-state index contributed by atoms with van der Waals surface area (Å²) in [7, 11) is 0. The Morgan fingerprint density at radius 2 is 2.41 bits per heavy atom. The zero-order chi connectivity index (χ0) is 12.4. The molecule has 1 aliphatic rings. The molecule has 0 bridgehead atoms. The van der Waals surface area contributed by atoms with Crippen molar-refractivity contribution in [2.45, 2.75) is 25.5 Å². The lowest BCUT2D eigenvalue weighted by Gasteiger charge is -2.16. The maximum atomic E-state index is 12.0. The van der Waals surface area contributed by atoms with Crippen LogP contribution in [0.4, 0.5) is 5.82 Å². The number of anilines is 1. The van der Waals surface area contributed by atoms with Crippen molar-refractivity contribution in [3.8, 4) is 0 Å². The molecule has 0 aliphatic carbocycles. The van der Waals surface area contributed by atoms with Crippen LogP contribution >= 0.6 is 11.6 Å². The fraction of sp³-hybridized carbons (Fsp3) is 0.455. The number of ether oxygens (including phenoxy) is 1. The summed E-state index contributed by atoms with van der Waals surface area (Å²) in [6.45, 7) is 2.58. The molecule has 17 heavy (non-hydrogen) atoms. The molecule has 5 nitrogen and oxygen atoms in total. The van der Waals surface area contributed by atoms with Gasteiger partial charge in [0.25, 0.3) is 5.91 Å². The van der Waals surface area contributed by atoms with Crippen LogP contribution in [0.1, 0.15) is 23.8 Å². The maximum Gasteiger partial charge on any atom is 0.271 e. The van der Waals surface area contributed by atoms with Crippen molar-refractivity contribution in [2.24, 2.45) is 0 Å². The molecule has 2 rings (SSSR count). The van der Waals surface area contributed by atoms with Crippen molar-refractivity contribution in [3.63, 3.8) is 0 Å². The van der Waals surface area contributed by atoms with E-state index in [1.54, 1.807) is 12.1 Å². The molecule has 0 aromatic carbocycles. The van der Waals surface area contributed by atoms with Gasteiger partial charge in [-0.2, -0.15) is 0 Å². The number of hydrogen-bond acceptors (Lipinski definition) is 4. The number of amides is 1.